The Hall–Kier alpha value is -2.36. The summed E-state index contributed by atoms with van der Waals surface area (Å²) in [5.41, 5.74) is 14.8. The van der Waals surface area contributed by atoms with Gasteiger partial charge in [-0.05, 0) is 29.8 Å². The van der Waals surface area contributed by atoms with Crippen LogP contribution in [0, 0.1) is 0 Å². The Morgan fingerprint density at radius 3 is 2.06 bits per heavy atom. The quantitative estimate of drug-likeness (QED) is 0.814. The van der Waals surface area contributed by atoms with E-state index in [0.717, 1.165) is 16.9 Å². The molecule has 0 fully saturated rings. The van der Waals surface area contributed by atoms with E-state index >= 15 is 0 Å². The molecule has 0 aliphatic heterocycles. The highest BCUT2D eigenvalue weighted by Crippen LogP contribution is 2.37. The van der Waals surface area contributed by atoms with E-state index in [1.807, 2.05) is 30.3 Å². The minimum atomic E-state index is 0.517. The standard InChI is InChI=1S/C14H16N2O2/c1-17-10-5-3-9(4-6-10)11-7-8-12(15)14(18-2)13(11)16/h3-8H,15-16H2,1-2H3. The van der Waals surface area contributed by atoms with Crippen LogP contribution in [0.5, 0.6) is 11.5 Å². The maximum absolute atomic E-state index is 6.06. The highest BCUT2D eigenvalue weighted by Gasteiger charge is 2.10. The van der Waals surface area contributed by atoms with Crippen molar-refractivity contribution in [2.24, 2.45) is 0 Å². The average Bonchev–Trinajstić information content (AvgIpc) is 2.40. The first kappa shape index (κ1) is 12.1. The lowest BCUT2D eigenvalue weighted by Gasteiger charge is -2.12. The maximum atomic E-state index is 6.06. The number of nitrogens with two attached hydrogens (primary N) is 2. The summed E-state index contributed by atoms with van der Waals surface area (Å²) >= 11 is 0. The van der Waals surface area contributed by atoms with Crippen molar-refractivity contribution < 1.29 is 9.47 Å². The third-order valence-corrected chi connectivity index (χ3v) is 2.83. The van der Waals surface area contributed by atoms with Gasteiger partial charge in [-0.15, -0.1) is 0 Å². The van der Waals surface area contributed by atoms with Crippen LogP contribution in [0.2, 0.25) is 0 Å². The van der Waals surface area contributed by atoms with Gasteiger partial charge in [0.05, 0.1) is 25.6 Å². The van der Waals surface area contributed by atoms with Crippen LogP contribution in [0.15, 0.2) is 36.4 Å². The summed E-state index contributed by atoms with van der Waals surface area (Å²) < 4.78 is 10.3. The summed E-state index contributed by atoms with van der Waals surface area (Å²) in [4.78, 5) is 0. The number of nitrogen functional groups attached to an aromatic ring is 2. The molecule has 2 aromatic carbocycles. The highest BCUT2D eigenvalue weighted by molar-refractivity contribution is 5.85. The van der Waals surface area contributed by atoms with Crippen molar-refractivity contribution in [3.63, 3.8) is 0 Å². The zero-order chi connectivity index (χ0) is 13.1. The highest BCUT2D eigenvalue weighted by atomic mass is 16.5. The molecule has 4 heteroatoms. The van der Waals surface area contributed by atoms with Gasteiger partial charge < -0.3 is 20.9 Å². The summed E-state index contributed by atoms with van der Waals surface area (Å²) in [5, 5.41) is 0. The van der Waals surface area contributed by atoms with Crippen molar-refractivity contribution >= 4 is 11.4 Å². The van der Waals surface area contributed by atoms with Gasteiger partial charge in [-0.25, -0.2) is 0 Å². The van der Waals surface area contributed by atoms with E-state index < -0.39 is 0 Å². The topological polar surface area (TPSA) is 70.5 Å². The summed E-state index contributed by atoms with van der Waals surface area (Å²) in [5.74, 6) is 1.32. The summed E-state index contributed by atoms with van der Waals surface area (Å²) in [7, 11) is 3.19. The number of benzene rings is 2. The number of rotatable bonds is 3. The molecule has 0 aromatic heterocycles. The van der Waals surface area contributed by atoms with Crippen molar-refractivity contribution in [1.82, 2.24) is 0 Å². The van der Waals surface area contributed by atoms with Crippen LogP contribution in [0.4, 0.5) is 11.4 Å². The lowest BCUT2D eigenvalue weighted by molar-refractivity contribution is 0.415. The van der Waals surface area contributed by atoms with Crippen molar-refractivity contribution in [3.8, 4) is 22.6 Å². The molecule has 2 rings (SSSR count). The SMILES string of the molecule is COc1ccc(-c2ccc(N)c(OC)c2N)cc1. The second-order valence-corrected chi connectivity index (χ2v) is 3.88. The molecule has 0 amide bonds. The Morgan fingerprint density at radius 2 is 1.50 bits per heavy atom. The van der Waals surface area contributed by atoms with Gasteiger partial charge in [0.25, 0.3) is 0 Å². The van der Waals surface area contributed by atoms with E-state index in [2.05, 4.69) is 0 Å². The molecule has 0 atom stereocenters. The van der Waals surface area contributed by atoms with Gasteiger partial charge in [-0.2, -0.15) is 0 Å². The Labute approximate surface area is 106 Å². The van der Waals surface area contributed by atoms with Crippen LogP contribution in [-0.2, 0) is 0 Å². The third kappa shape index (κ3) is 2.05. The van der Waals surface area contributed by atoms with Gasteiger partial charge in [0, 0.05) is 5.56 Å². The second-order valence-electron chi connectivity index (χ2n) is 3.88. The monoisotopic (exact) mass is 244 g/mol. The fraction of sp³-hybridized carbons (Fsp3) is 0.143. The van der Waals surface area contributed by atoms with E-state index in [-0.39, 0.29) is 0 Å². The second kappa shape index (κ2) is 4.87. The Balaban J connectivity index is 2.50. The minimum Gasteiger partial charge on any atom is -0.497 e. The van der Waals surface area contributed by atoms with Gasteiger partial charge in [-0.3, -0.25) is 0 Å². The largest absolute Gasteiger partial charge is 0.497 e. The number of hydrogen-bond donors (Lipinski definition) is 2. The molecule has 2 aromatic rings. The lowest BCUT2D eigenvalue weighted by atomic mass is 10.0. The van der Waals surface area contributed by atoms with Gasteiger partial charge in [0.15, 0.2) is 5.75 Å². The van der Waals surface area contributed by atoms with Crippen molar-refractivity contribution in [2.45, 2.75) is 0 Å². The molecule has 0 saturated heterocycles. The number of methoxy groups -OCH3 is 2. The fourth-order valence-electron chi connectivity index (χ4n) is 1.87. The zero-order valence-electron chi connectivity index (χ0n) is 10.4. The molecule has 0 saturated carbocycles. The number of anilines is 2. The first-order chi connectivity index (χ1) is 8.67. The molecule has 0 bridgehead atoms. The summed E-state index contributed by atoms with van der Waals surface area (Å²) in [6, 6.07) is 11.3. The molecule has 0 aliphatic carbocycles. The van der Waals surface area contributed by atoms with E-state index in [4.69, 9.17) is 20.9 Å². The van der Waals surface area contributed by atoms with Crippen LogP contribution in [0.1, 0.15) is 0 Å². The first-order valence-electron chi connectivity index (χ1n) is 5.53. The van der Waals surface area contributed by atoms with E-state index in [0.29, 0.717) is 17.1 Å². The minimum absolute atomic E-state index is 0.517. The van der Waals surface area contributed by atoms with E-state index in [9.17, 15) is 0 Å². The average molecular weight is 244 g/mol. The van der Waals surface area contributed by atoms with Crippen LogP contribution >= 0.6 is 0 Å². The van der Waals surface area contributed by atoms with Gasteiger partial charge in [-0.1, -0.05) is 12.1 Å². The van der Waals surface area contributed by atoms with E-state index in [1.54, 1.807) is 20.3 Å². The first-order valence-corrected chi connectivity index (χ1v) is 5.53. The molecular weight excluding hydrogens is 228 g/mol. The summed E-state index contributed by atoms with van der Waals surface area (Å²) in [6.45, 7) is 0. The smallest absolute Gasteiger partial charge is 0.165 e. The molecule has 4 nitrogen and oxygen atoms in total. The molecule has 94 valence electrons. The lowest BCUT2D eigenvalue weighted by Crippen LogP contribution is -1.99. The summed E-state index contributed by atoms with van der Waals surface area (Å²) in [6.07, 6.45) is 0. The Bertz CT molecular complexity index is 550. The zero-order valence-corrected chi connectivity index (χ0v) is 10.4. The van der Waals surface area contributed by atoms with Crippen LogP contribution in [-0.4, -0.2) is 14.2 Å². The fourth-order valence-corrected chi connectivity index (χ4v) is 1.87. The van der Waals surface area contributed by atoms with Crippen LogP contribution < -0.4 is 20.9 Å². The Kier molecular flexibility index (Phi) is 3.28. The molecule has 0 unspecified atom stereocenters. The van der Waals surface area contributed by atoms with Crippen molar-refractivity contribution in [2.75, 3.05) is 25.7 Å². The third-order valence-electron chi connectivity index (χ3n) is 2.83. The Morgan fingerprint density at radius 1 is 0.833 bits per heavy atom. The van der Waals surface area contributed by atoms with Gasteiger partial charge in [0.2, 0.25) is 0 Å². The van der Waals surface area contributed by atoms with Gasteiger partial charge in [0.1, 0.15) is 5.75 Å². The van der Waals surface area contributed by atoms with Crippen LogP contribution in [0.3, 0.4) is 0 Å². The number of ether oxygens (including phenoxy) is 2. The molecule has 4 N–H and O–H groups in total. The van der Waals surface area contributed by atoms with E-state index in [1.165, 1.54) is 0 Å². The van der Waals surface area contributed by atoms with Crippen molar-refractivity contribution in [3.05, 3.63) is 36.4 Å². The van der Waals surface area contributed by atoms with Crippen molar-refractivity contribution in [1.29, 1.82) is 0 Å². The molecular formula is C14H16N2O2. The molecule has 0 spiro atoms. The predicted octanol–water partition coefficient (Wildman–Crippen LogP) is 2.54. The number of hydrogen-bond acceptors (Lipinski definition) is 4. The molecule has 0 aliphatic rings. The predicted molar refractivity (Wildman–Crippen MR) is 73.8 cm³/mol. The molecule has 0 heterocycles. The van der Waals surface area contributed by atoms with Crippen LogP contribution in [0.25, 0.3) is 11.1 Å². The molecule has 18 heavy (non-hydrogen) atoms. The normalized spacial score (nSPS) is 10.1. The maximum Gasteiger partial charge on any atom is 0.165 e. The molecule has 0 radical (unpaired) electrons. The van der Waals surface area contributed by atoms with Gasteiger partial charge >= 0.3 is 0 Å².